The average molecular weight is 343 g/mol. The molecule has 0 heterocycles. The van der Waals surface area contributed by atoms with Gasteiger partial charge < -0.3 is 9.47 Å². The third kappa shape index (κ3) is 6.04. The van der Waals surface area contributed by atoms with Gasteiger partial charge in [-0.25, -0.2) is 0 Å². The van der Waals surface area contributed by atoms with Crippen molar-refractivity contribution in [3.05, 3.63) is 0 Å². The van der Waals surface area contributed by atoms with Crippen LogP contribution in [0.2, 0.25) is 0 Å². The summed E-state index contributed by atoms with van der Waals surface area (Å²) in [6.45, 7) is 24.2. The zero-order valence-corrected chi connectivity index (χ0v) is 18.3. The molecule has 2 atom stereocenters. The van der Waals surface area contributed by atoms with Crippen LogP contribution in [-0.4, -0.2) is 35.2 Å². The van der Waals surface area contributed by atoms with Gasteiger partial charge in [0, 0.05) is 5.16 Å². The highest BCUT2D eigenvalue weighted by Gasteiger charge is 2.50. The van der Waals surface area contributed by atoms with Crippen LogP contribution in [0.3, 0.4) is 0 Å². The molecular weight excluding hydrogens is 303 g/mol. The Morgan fingerprint density at radius 3 is 1.74 bits per heavy atom. The molecule has 0 amide bonds. The number of hydrogen-bond donors (Lipinski definition) is 0. The van der Waals surface area contributed by atoms with Crippen LogP contribution in [0.4, 0.5) is 0 Å². The summed E-state index contributed by atoms with van der Waals surface area (Å²) in [6, 6.07) is 0. The molecule has 0 aromatic heterocycles. The molecule has 0 aliphatic rings. The van der Waals surface area contributed by atoms with Crippen molar-refractivity contribution >= 4 is 8.58 Å². The summed E-state index contributed by atoms with van der Waals surface area (Å²) in [4.78, 5) is 0. The third-order valence-corrected chi connectivity index (χ3v) is 6.87. The first-order valence-corrected chi connectivity index (χ1v) is 10.0. The van der Waals surface area contributed by atoms with E-state index in [1.807, 2.05) is 0 Å². The van der Waals surface area contributed by atoms with E-state index in [1.165, 1.54) is 0 Å². The fourth-order valence-corrected chi connectivity index (χ4v) is 3.81. The Bertz CT molecular complexity index is 424. The van der Waals surface area contributed by atoms with Crippen molar-refractivity contribution in [2.75, 3.05) is 13.3 Å². The largest absolute Gasteiger partial charge is 0.374 e. The molecule has 0 aliphatic heterocycles. The van der Waals surface area contributed by atoms with Gasteiger partial charge >= 0.3 is 0 Å². The summed E-state index contributed by atoms with van der Waals surface area (Å²) in [7, 11) is 0.756. The van der Waals surface area contributed by atoms with E-state index < -0.39 is 5.60 Å². The molecule has 0 rings (SSSR count). The Kier molecular flexibility index (Phi) is 7.40. The predicted molar refractivity (Wildman–Crippen MR) is 105 cm³/mol. The van der Waals surface area contributed by atoms with E-state index in [1.54, 1.807) is 0 Å². The van der Waals surface area contributed by atoms with Crippen LogP contribution >= 0.6 is 8.58 Å². The fourth-order valence-electron chi connectivity index (χ4n) is 2.93. The highest BCUT2D eigenvalue weighted by Crippen LogP contribution is 2.51. The van der Waals surface area contributed by atoms with Crippen molar-refractivity contribution in [3.63, 3.8) is 0 Å². The SMILES string of the molecule is C#CC(C)(C(C)(C)OCCC(C)(C)OC(C)(C)C)C(C)(C)PC. The molecule has 0 saturated heterocycles. The lowest BCUT2D eigenvalue weighted by Crippen LogP contribution is -2.53. The zero-order valence-electron chi connectivity index (χ0n) is 17.3. The molecule has 0 aromatic rings. The van der Waals surface area contributed by atoms with Gasteiger partial charge in [-0.3, -0.25) is 0 Å². The highest BCUT2D eigenvalue weighted by molar-refractivity contribution is 7.39. The average Bonchev–Trinajstić information content (AvgIpc) is 2.33. The Morgan fingerprint density at radius 2 is 1.39 bits per heavy atom. The van der Waals surface area contributed by atoms with Crippen LogP contribution in [0.15, 0.2) is 0 Å². The minimum atomic E-state index is -0.397. The summed E-state index contributed by atoms with van der Waals surface area (Å²) in [6.07, 6.45) is 6.78. The van der Waals surface area contributed by atoms with Gasteiger partial charge in [0.25, 0.3) is 0 Å². The quantitative estimate of drug-likeness (QED) is 0.429. The minimum Gasteiger partial charge on any atom is -0.374 e. The van der Waals surface area contributed by atoms with Crippen molar-refractivity contribution in [3.8, 4) is 12.3 Å². The molecule has 23 heavy (non-hydrogen) atoms. The Labute approximate surface area is 147 Å². The first-order chi connectivity index (χ1) is 10.0. The number of terminal acetylenes is 1. The van der Waals surface area contributed by atoms with Crippen molar-refractivity contribution in [2.24, 2.45) is 5.41 Å². The van der Waals surface area contributed by atoms with E-state index in [4.69, 9.17) is 15.9 Å². The Balaban J connectivity index is 4.98. The minimum absolute atomic E-state index is 0.0304. The maximum Gasteiger partial charge on any atom is 0.0797 e. The van der Waals surface area contributed by atoms with Crippen LogP contribution < -0.4 is 0 Å². The number of ether oxygens (including phenoxy) is 2. The van der Waals surface area contributed by atoms with Gasteiger partial charge in [0.05, 0.1) is 28.8 Å². The van der Waals surface area contributed by atoms with Gasteiger partial charge in [-0.1, -0.05) is 19.8 Å². The van der Waals surface area contributed by atoms with E-state index >= 15 is 0 Å². The molecule has 0 bridgehead atoms. The van der Waals surface area contributed by atoms with Gasteiger partial charge in [-0.05, 0) is 68.5 Å². The van der Waals surface area contributed by atoms with Crippen molar-refractivity contribution in [2.45, 2.75) is 97.6 Å². The summed E-state index contributed by atoms with van der Waals surface area (Å²) in [5.41, 5.74) is -1.10. The first kappa shape index (κ1) is 22.9. The second-order valence-electron chi connectivity index (χ2n) is 9.23. The van der Waals surface area contributed by atoms with E-state index in [0.717, 1.165) is 15.0 Å². The monoisotopic (exact) mass is 342 g/mol. The topological polar surface area (TPSA) is 18.5 Å². The van der Waals surface area contributed by atoms with Crippen LogP contribution in [0.5, 0.6) is 0 Å². The molecule has 0 fully saturated rings. The van der Waals surface area contributed by atoms with Crippen LogP contribution in [0.25, 0.3) is 0 Å². The van der Waals surface area contributed by atoms with Crippen molar-refractivity contribution < 1.29 is 9.47 Å². The molecule has 0 N–H and O–H groups in total. The standard InChI is InChI=1S/C20H39O2P/c1-13-20(11,19(9,10)23-12)18(7,8)21-15-14-17(5,6)22-16(2,3)4/h1,23H,14-15H2,2-12H3. The van der Waals surface area contributed by atoms with Gasteiger partial charge in [-0.15, -0.1) is 15.0 Å². The van der Waals surface area contributed by atoms with Crippen molar-refractivity contribution in [1.82, 2.24) is 0 Å². The van der Waals surface area contributed by atoms with Crippen molar-refractivity contribution in [1.29, 1.82) is 0 Å². The molecule has 0 saturated carbocycles. The molecular formula is C20H39O2P. The molecule has 2 unspecified atom stereocenters. The molecule has 136 valence electrons. The molecule has 0 aliphatic carbocycles. The molecule has 0 radical (unpaired) electrons. The van der Waals surface area contributed by atoms with Gasteiger partial charge in [0.2, 0.25) is 0 Å². The normalized spacial score (nSPS) is 17.3. The number of hydrogen-bond acceptors (Lipinski definition) is 2. The second-order valence-corrected chi connectivity index (χ2v) is 11.0. The fraction of sp³-hybridized carbons (Fsp3) is 0.900. The smallest absolute Gasteiger partial charge is 0.0797 e. The molecule has 2 nitrogen and oxygen atoms in total. The van der Waals surface area contributed by atoms with E-state index in [9.17, 15) is 0 Å². The molecule has 0 spiro atoms. The lowest BCUT2D eigenvalue weighted by atomic mass is 9.67. The van der Waals surface area contributed by atoms with Gasteiger partial charge in [0.1, 0.15) is 0 Å². The summed E-state index contributed by atoms with van der Waals surface area (Å²) in [5, 5.41) is 0.0304. The highest BCUT2D eigenvalue weighted by atomic mass is 31.1. The Hall–Kier alpha value is -0.0900. The van der Waals surface area contributed by atoms with Gasteiger partial charge in [-0.2, -0.15) is 0 Å². The molecule has 0 aromatic carbocycles. The lowest BCUT2D eigenvalue weighted by molar-refractivity contribution is -0.144. The second kappa shape index (κ2) is 7.43. The third-order valence-electron chi connectivity index (χ3n) is 5.12. The Morgan fingerprint density at radius 1 is 0.913 bits per heavy atom. The van der Waals surface area contributed by atoms with Crippen LogP contribution in [0, 0.1) is 17.8 Å². The predicted octanol–water partition coefficient (Wildman–Crippen LogP) is 5.49. The summed E-state index contributed by atoms with van der Waals surface area (Å²) >= 11 is 0. The first-order valence-electron chi connectivity index (χ1n) is 8.54. The van der Waals surface area contributed by atoms with Crippen LogP contribution in [-0.2, 0) is 9.47 Å². The maximum absolute atomic E-state index is 6.31. The summed E-state index contributed by atoms with van der Waals surface area (Å²) in [5.74, 6) is 3.05. The molecule has 3 heteroatoms. The van der Waals surface area contributed by atoms with E-state index in [2.05, 4.69) is 81.8 Å². The van der Waals surface area contributed by atoms with Gasteiger partial charge in [0.15, 0.2) is 0 Å². The maximum atomic E-state index is 6.31. The lowest BCUT2D eigenvalue weighted by Gasteiger charge is -2.50. The van der Waals surface area contributed by atoms with E-state index in [0.29, 0.717) is 6.61 Å². The summed E-state index contributed by atoms with van der Waals surface area (Å²) < 4.78 is 12.4. The van der Waals surface area contributed by atoms with Crippen LogP contribution in [0.1, 0.15) is 75.7 Å². The number of rotatable bonds is 8. The zero-order chi connectivity index (χ0) is 18.7. The van der Waals surface area contributed by atoms with E-state index in [-0.39, 0.29) is 21.8 Å².